The van der Waals surface area contributed by atoms with E-state index in [0.717, 1.165) is 0 Å². The van der Waals surface area contributed by atoms with Crippen molar-refractivity contribution in [3.8, 4) is 33.4 Å². The highest BCUT2D eigenvalue weighted by atomic mass is 14.4. The summed E-state index contributed by atoms with van der Waals surface area (Å²) in [5, 5.41) is 13.3. The Kier molecular flexibility index (Phi) is 5.34. The fourth-order valence-electron chi connectivity index (χ4n) is 9.89. The lowest BCUT2D eigenvalue weighted by Crippen LogP contribution is -2.15. The summed E-state index contributed by atoms with van der Waals surface area (Å²) in [6.45, 7) is 9.65. The molecule has 0 saturated heterocycles. The minimum Gasteiger partial charge on any atom is -0.0616 e. The van der Waals surface area contributed by atoms with Crippen LogP contribution in [-0.2, 0) is 10.8 Å². The Bertz CT molecular complexity index is 2970. The maximum atomic E-state index is 2.53. The van der Waals surface area contributed by atoms with Crippen molar-refractivity contribution < 1.29 is 0 Å². The lowest BCUT2D eigenvalue weighted by Gasteiger charge is -2.24. The van der Waals surface area contributed by atoms with Crippen molar-refractivity contribution >= 4 is 53.9 Å². The summed E-state index contributed by atoms with van der Waals surface area (Å²) >= 11 is 0. The Morgan fingerprint density at radius 2 is 0.820 bits per heavy atom. The van der Waals surface area contributed by atoms with Gasteiger partial charge >= 0.3 is 0 Å². The van der Waals surface area contributed by atoms with Crippen molar-refractivity contribution in [2.75, 3.05) is 0 Å². The molecule has 9 aromatic rings. The zero-order valence-electron chi connectivity index (χ0n) is 28.9. The SMILES string of the molecule is CC1(C)c2cc(-c3cc4c(c5ccccc35)-c3cc5c6ccccc6c6ccccc6c5cc3C4(C)C)ccc2-c2c1ccc1ccccc21. The van der Waals surface area contributed by atoms with Crippen LogP contribution in [0.1, 0.15) is 49.9 Å². The molecule has 0 heteroatoms. The Balaban J connectivity index is 1.18. The van der Waals surface area contributed by atoms with Crippen LogP contribution in [0.15, 0.2) is 146 Å². The second-order valence-electron chi connectivity index (χ2n) is 15.6. The molecule has 0 saturated carbocycles. The molecule has 0 heterocycles. The van der Waals surface area contributed by atoms with E-state index >= 15 is 0 Å². The highest BCUT2D eigenvalue weighted by Gasteiger charge is 2.39. The first-order valence-corrected chi connectivity index (χ1v) is 17.9. The standard InChI is InChI=1S/C50H36/c1-49(2)43-24-22-29-13-5-6-14-31(29)47(43)38-23-21-30(25-44(38)49)39-27-46-48(37-20-12-11-19-36(37)39)42-26-40-34-17-9-7-15-32(34)33-16-8-10-18-35(33)41(40)28-45(42)50(46,3)4/h5-28H,1-4H3. The molecule has 9 aromatic carbocycles. The summed E-state index contributed by atoms with van der Waals surface area (Å²) in [4.78, 5) is 0. The normalized spacial score (nSPS) is 15.1. The van der Waals surface area contributed by atoms with Crippen LogP contribution in [0.25, 0.3) is 87.2 Å². The first-order chi connectivity index (χ1) is 24.3. The number of benzene rings is 9. The van der Waals surface area contributed by atoms with E-state index in [1.807, 2.05) is 0 Å². The van der Waals surface area contributed by atoms with E-state index in [0.29, 0.717) is 0 Å². The number of fused-ring (bicyclic) bond motifs is 16. The molecule has 11 rings (SSSR count). The Hall–Kier alpha value is -5.72. The van der Waals surface area contributed by atoms with E-state index in [4.69, 9.17) is 0 Å². The van der Waals surface area contributed by atoms with E-state index in [9.17, 15) is 0 Å². The molecule has 2 aliphatic rings. The molecule has 0 bridgehead atoms. The number of rotatable bonds is 1. The maximum Gasteiger partial charge on any atom is 0.0159 e. The van der Waals surface area contributed by atoms with Crippen LogP contribution in [0.4, 0.5) is 0 Å². The van der Waals surface area contributed by atoms with Crippen molar-refractivity contribution in [3.63, 3.8) is 0 Å². The van der Waals surface area contributed by atoms with Gasteiger partial charge in [-0.25, -0.2) is 0 Å². The van der Waals surface area contributed by atoms with E-state index in [1.165, 1.54) is 109 Å². The van der Waals surface area contributed by atoms with Crippen LogP contribution in [0.2, 0.25) is 0 Å². The summed E-state index contributed by atoms with van der Waals surface area (Å²) in [7, 11) is 0. The summed E-state index contributed by atoms with van der Waals surface area (Å²) in [5.74, 6) is 0. The highest BCUT2D eigenvalue weighted by molar-refractivity contribution is 6.26. The van der Waals surface area contributed by atoms with Gasteiger partial charge < -0.3 is 0 Å². The van der Waals surface area contributed by atoms with Gasteiger partial charge in [0.05, 0.1) is 0 Å². The van der Waals surface area contributed by atoms with E-state index < -0.39 is 0 Å². The van der Waals surface area contributed by atoms with E-state index in [1.54, 1.807) is 0 Å². The second kappa shape index (κ2) is 9.49. The minimum atomic E-state index is -0.157. The van der Waals surface area contributed by atoms with Crippen LogP contribution < -0.4 is 0 Å². The second-order valence-corrected chi connectivity index (χ2v) is 15.6. The van der Waals surface area contributed by atoms with Gasteiger partial charge in [-0.1, -0.05) is 149 Å². The fraction of sp³-hybridized carbons (Fsp3) is 0.120. The zero-order valence-corrected chi connectivity index (χ0v) is 28.9. The molecule has 0 amide bonds. The topological polar surface area (TPSA) is 0 Å². The third-order valence-corrected chi connectivity index (χ3v) is 12.4. The summed E-state index contributed by atoms with van der Waals surface area (Å²) in [5.41, 5.74) is 13.6. The van der Waals surface area contributed by atoms with Gasteiger partial charge in [0.15, 0.2) is 0 Å². The molecule has 0 radical (unpaired) electrons. The zero-order chi connectivity index (χ0) is 33.5. The minimum absolute atomic E-state index is 0.0849. The highest BCUT2D eigenvalue weighted by Crippen LogP contribution is 2.56. The maximum absolute atomic E-state index is 2.53. The van der Waals surface area contributed by atoms with E-state index in [-0.39, 0.29) is 10.8 Å². The predicted molar refractivity (Wildman–Crippen MR) is 215 cm³/mol. The first-order valence-electron chi connectivity index (χ1n) is 17.9. The molecule has 236 valence electrons. The van der Waals surface area contributed by atoms with Gasteiger partial charge in [-0.2, -0.15) is 0 Å². The lowest BCUT2D eigenvalue weighted by atomic mass is 9.79. The van der Waals surface area contributed by atoms with Crippen molar-refractivity contribution in [3.05, 3.63) is 168 Å². The number of hydrogen-bond donors (Lipinski definition) is 0. The average Bonchev–Trinajstić information content (AvgIpc) is 3.52. The quantitative estimate of drug-likeness (QED) is 0.157. The molecule has 0 atom stereocenters. The summed E-state index contributed by atoms with van der Waals surface area (Å²) in [6.07, 6.45) is 0. The van der Waals surface area contributed by atoms with Crippen LogP contribution in [0.5, 0.6) is 0 Å². The van der Waals surface area contributed by atoms with Gasteiger partial charge in [0.25, 0.3) is 0 Å². The Labute approximate surface area is 292 Å². The van der Waals surface area contributed by atoms with Crippen molar-refractivity contribution in [2.45, 2.75) is 38.5 Å². The molecule has 0 aromatic heterocycles. The largest absolute Gasteiger partial charge is 0.0616 e. The van der Waals surface area contributed by atoms with Gasteiger partial charge in [0, 0.05) is 10.8 Å². The molecule has 50 heavy (non-hydrogen) atoms. The molecular formula is C50H36. The molecule has 2 aliphatic carbocycles. The molecule has 0 fully saturated rings. The van der Waals surface area contributed by atoms with Gasteiger partial charge in [-0.15, -0.1) is 0 Å². The van der Waals surface area contributed by atoms with Crippen LogP contribution in [0, 0.1) is 0 Å². The van der Waals surface area contributed by atoms with Crippen molar-refractivity contribution in [1.29, 1.82) is 0 Å². The molecule has 0 unspecified atom stereocenters. The van der Waals surface area contributed by atoms with Gasteiger partial charge in [-0.05, 0) is 134 Å². The van der Waals surface area contributed by atoms with Gasteiger partial charge in [0.2, 0.25) is 0 Å². The van der Waals surface area contributed by atoms with Gasteiger partial charge in [-0.3, -0.25) is 0 Å². The molecule has 0 spiro atoms. The first kappa shape index (κ1) is 28.2. The monoisotopic (exact) mass is 636 g/mol. The van der Waals surface area contributed by atoms with Crippen LogP contribution >= 0.6 is 0 Å². The lowest BCUT2D eigenvalue weighted by molar-refractivity contribution is 0.660. The average molecular weight is 637 g/mol. The molecule has 0 nitrogen and oxygen atoms in total. The van der Waals surface area contributed by atoms with Crippen LogP contribution in [0.3, 0.4) is 0 Å². The molecular weight excluding hydrogens is 601 g/mol. The molecule has 0 aliphatic heterocycles. The van der Waals surface area contributed by atoms with E-state index in [2.05, 4.69) is 173 Å². The third-order valence-electron chi connectivity index (χ3n) is 12.4. The summed E-state index contributed by atoms with van der Waals surface area (Å²) in [6, 6.07) is 55.3. The van der Waals surface area contributed by atoms with Crippen molar-refractivity contribution in [1.82, 2.24) is 0 Å². The fourth-order valence-corrected chi connectivity index (χ4v) is 9.89. The smallest absolute Gasteiger partial charge is 0.0159 e. The van der Waals surface area contributed by atoms with Crippen LogP contribution in [-0.4, -0.2) is 0 Å². The summed E-state index contributed by atoms with van der Waals surface area (Å²) < 4.78 is 0. The predicted octanol–water partition coefficient (Wildman–Crippen LogP) is 13.7. The Morgan fingerprint density at radius 1 is 0.300 bits per heavy atom. The molecule has 0 N–H and O–H groups in total. The Morgan fingerprint density at radius 3 is 1.52 bits per heavy atom. The van der Waals surface area contributed by atoms with Gasteiger partial charge in [0.1, 0.15) is 0 Å². The van der Waals surface area contributed by atoms with Crippen molar-refractivity contribution in [2.24, 2.45) is 0 Å². The number of hydrogen-bond acceptors (Lipinski definition) is 0. The third kappa shape index (κ3) is 3.46.